The number of anilines is 2. The number of amides is 2. The Morgan fingerprint density at radius 3 is 2.14 bits per heavy atom. The molecule has 0 saturated carbocycles. The summed E-state index contributed by atoms with van der Waals surface area (Å²) in [4.78, 5) is 35.2. The third kappa shape index (κ3) is 4.41. The van der Waals surface area contributed by atoms with Crippen molar-refractivity contribution in [1.82, 2.24) is 0 Å². The first-order valence-electron chi connectivity index (χ1n) is 8.16. The van der Waals surface area contributed by atoms with Gasteiger partial charge in [-0.1, -0.05) is 24.3 Å². The zero-order chi connectivity index (χ0) is 20.1. The maximum atomic E-state index is 12.4. The monoisotopic (exact) mass is 439 g/mol. The Labute approximate surface area is 168 Å². The first-order valence-corrected chi connectivity index (χ1v) is 8.96. The normalized spacial score (nSPS) is 10.2. The van der Waals surface area contributed by atoms with E-state index in [1.165, 1.54) is 30.3 Å². The molecule has 3 aromatic carbocycles. The Hall–Kier alpha value is -3.52. The molecule has 0 aliphatic carbocycles. The van der Waals surface area contributed by atoms with Crippen LogP contribution in [0, 0.1) is 10.1 Å². The van der Waals surface area contributed by atoms with Gasteiger partial charge in [-0.25, -0.2) is 0 Å². The van der Waals surface area contributed by atoms with Gasteiger partial charge in [-0.3, -0.25) is 19.7 Å². The second-order valence-corrected chi connectivity index (χ2v) is 6.59. The van der Waals surface area contributed by atoms with Crippen LogP contribution in [0.15, 0.2) is 77.3 Å². The molecule has 0 spiro atoms. The van der Waals surface area contributed by atoms with Crippen LogP contribution in [0.2, 0.25) is 0 Å². The van der Waals surface area contributed by atoms with E-state index in [9.17, 15) is 19.7 Å². The summed E-state index contributed by atoms with van der Waals surface area (Å²) < 4.78 is 0.674. The molecule has 3 rings (SSSR count). The summed E-state index contributed by atoms with van der Waals surface area (Å²) in [5.74, 6) is -0.775. The molecule has 0 aromatic heterocycles. The van der Waals surface area contributed by atoms with E-state index in [-0.39, 0.29) is 17.3 Å². The molecule has 3 aromatic rings. The Kier molecular flexibility index (Phi) is 5.81. The molecular weight excluding hydrogens is 426 g/mol. The maximum absolute atomic E-state index is 12.4. The minimum atomic E-state index is -0.560. The molecule has 2 N–H and O–H groups in total. The molecule has 0 saturated heterocycles. The third-order valence-electron chi connectivity index (χ3n) is 3.87. The average molecular weight is 440 g/mol. The van der Waals surface area contributed by atoms with Gasteiger partial charge in [0.2, 0.25) is 0 Å². The van der Waals surface area contributed by atoms with Gasteiger partial charge >= 0.3 is 0 Å². The van der Waals surface area contributed by atoms with Gasteiger partial charge in [0.1, 0.15) is 5.69 Å². The molecule has 0 bridgehead atoms. The largest absolute Gasteiger partial charge is 0.322 e. The van der Waals surface area contributed by atoms with E-state index in [4.69, 9.17) is 0 Å². The van der Waals surface area contributed by atoms with E-state index in [2.05, 4.69) is 26.6 Å². The summed E-state index contributed by atoms with van der Waals surface area (Å²) >= 11 is 3.33. The van der Waals surface area contributed by atoms with Gasteiger partial charge in [-0.05, 0) is 58.4 Å². The number of carbonyl (C=O) groups excluding carboxylic acids is 2. The van der Waals surface area contributed by atoms with Crippen molar-refractivity contribution in [3.63, 3.8) is 0 Å². The number of nitro benzene ring substituents is 1. The zero-order valence-electron chi connectivity index (χ0n) is 14.4. The Bertz CT molecular complexity index is 1050. The summed E-state index contributed by atoms with van der Waals surface area (Å²) in [6.45, 7) is 0. The van der Waals surface area contributed by atoms with Crippen molar-refractivity contribution in [1.29, 1.82) is 0 Å². The quantitative estimate of drug-likeness (QED) is 0.437. The average Bonchev–Trinajstić information content (AvgIpc) is 2.69. The summed E-state index contributed by atoms with van der Waals surface area (Å²) in [7, 11) is 0. The molecule has 8 heteroatoms. The number of para-hydroxylation sites is 2. The molecule has 0 aliphatic heterocycles. The van der Waals surface area contributed by atoms with Crippen molar-refractivity contribution in [2.24, 2.45) is 0 Å². The van der Waals surface area contributed by atoms with Gasteiger partial charge in [-0.15, -0.1) is 0 Å². The number of nitrogens with one attached hydrogen (secondary N) is 2. The van der Waals surface area contributed by atoms with Crippen LogP contribution in [0.1, 0.15) is 20.7 Å². The summed E-state index contributed by atoms with van der Waals surface area (Å²) in [6.07, 6.45) is 0. The van der Waals surface area contributed by atoms with Gasteiger partial charge in [0.15, 0.2) is 0 Å². The molecule has 0 radical (unpaired) electrons. The van der Waals surface area contributed by atoms with Gasteiger partial charge in [0, 0.05) is 21.8 Å². The van der Waals surface area contributed by atoms with Crippen molar-refractivity contribution in [2.75, 3.05) is 10.6 Å². The van der Waals surface area contributed by atoms with Crippen molar-refractivity contribution in [3.05, 3.63) is 98.5 Å². The van der Waals surface area contributed by atoms with Crippen molar-refractivity contribution in [2.45, 2.75) is 0 Å². The van der Waals surface area contributed by atoms with Crippen LogP contribution in [0.4, 0.5) is 17.1 Å². The van der Waals surface area contributed by atoms with E-state index in [1.807, 2.05) is 6.07 Å². The highest BCUT2D eigenvalue weighted by molar-refractivity contribution is 9.10. The number of hydrogen-bond acceptors (Lipinski definition) is 4. The number of benzene rings is 3. The van der Waals surface area contributed by atoms with Crippen molar-refractivity contribution >= 4 is 44.8 Å². The molecule has 2 amide bonds. The predicted molar refractivity (Wildman–Crippen MR) is 110 cm³/mol. The molecule has 0 unspecified atom stereocenters. The van der Waals surface area contributed by atoms with Gasteiger partial charge in [-0.2, -0.15) is 0 Å². The van der Waals surface area contributed by atoms with Crippen LogP contribution < -0.4 is 10.6 Å². The highest BCUT2D eigenvalue weighted by Gasteiger charge is 2.16. The minimum Gasteiger partial charge on any atom is -0.322 e. The van der Waals surface area contributed by atoms with E-state index < -0.39 is 10.8 Å². The van der Waals surface area contributed by atoms with Crippen molar-refractivity contribution in [3.8, 4) is 0 Å². The molecule has 28 heavy (non-hydrogen) atoms. The van der Waals surface area contributed by atoms with E-state index in [1.54, 1.807) is 36.4 Å². The van der Waals surface area contributed by atoms with E-state index in [0.29, 0.717) is 21.3 Å². The molecule has 0 atom stereocenters. The topological polar surface area (TPSA) is 101 Å². The number of rotatable bonds is 5. The summed E-state index contributed by atoms with van der Waals surface area (Å²) in [5.41, 5.74) is 1.23. The van der Waals surface area contributed by atoms with Crippen LogP contribution in [0.25, 0.3) is 0 Å². The fourth-order valence-corrected chi connectivity index (χ4v) is 2.95. The standard InChI is InChI=1S/C20H14BrN3O4/c21-16-6-2-1-5-15(16)20(26)22-14-11-9-13(10-12-14)19(25)23-17-7-3-4-8-18(17)24(27)28/h1-12H,(H,22,26)(H,23,25). The lowest BCUT2D eigenvalue weighted by atomic mass is 10.1. The van der Waals surface area contributed by atoms with E-state index >= 15 is 0 Å². The smallest absolute Gasteiger partial charge is 0.292 e. The Morgan fingerprint density at radius 2 is 1.46 bits per heavy atom. The maximum Gasteiger partial charge on any atom is 0.292 e. The molecule has 0 fully saturated rings. The SMILES string of the molecule is O=C(Nc1ccccc1[N+](=O)[O-])c1ccc(NC(=O)c2ccccc2Br)cc1. The fourth-order valence-electron chi connectivity index (χ4n) is 2.48. The Balaban J connectivity index is 1.71. The van der Waals surface area contributed by atoms with Crippen LogP contribution in [0.3, 0.4) is 0 Å². The number of carbonyl (C=O) groups is 2. The highest BCUT2D eigenvalue weighted by atomic mass is 79.9. The van der Waals surface area contributed by atoms with Crippen LogP contribution in [0.5, 0.6) is 0 Å². The molecular formula is C20H14BrN3O4. The lowest BCUT2D eigenvalue weighted by Crippen LogP contribution is -2.14. The molecule has 7 nitrogen and oxygen atoms in total. The van der Waals surface area contributed by atoms with Gasteiger partial charge < -0.3 is 10.6 Å². The van der Waals surface area contributed by atoms with Crippen LogP contribution in [-0.2, 0) is 0 Å². The lowest BCUT2D eigenvalue weighted by molar-refractivity contribution is -0.383. The molecule has 0 aliphatic rings. The Morgan fingerprint density at radius 1 is 0.821 bits per heavy atom. The first kappa shape index (κ1) is 19.2. The predicted octanol–water partition coefficient (Wildman–Crippen LogP) is 4.86. The van der Waals surface area contributed by atoms with Crippen LogP contribution >= 0.6 is 15.9 Å². The molecule has 0 heterocycles. The number of hydrogen-bond donors (Lipinski definition) is 2. The second-order valence-electron chi connectivity index (χ2n) is 5.74. The zero-order valence-corrected chi connectivity index (χ0v) is 16.0. The number of halogens is 1. The lowest BCUT2D eigenvalue weighted by Gasteiger charge is -2.09. The summed E-state index contributed by atoms with van der Waals surface area (Å²) in [5, 5.41) is 16.3. The van der Waals surface area contributed by atoms with E-state index in [0.717, 1.165) is 0 Å². The third-order valence-corrected chi connectivity index (χ3v) is 4.56. The fraction of sp³-hybridized carbons (Fsp3) is 0. The van der Waals surface area contributed by atoms with Crippen molar-refractivity contribution < 1.29 is 14.5 Å². The minimum absolute atomic E-state index is 0.115. The number of nitro groups is 1. The number of nitrogens with zero attached hydrogens (tertiary/aromatic N) is 1. The second kappa shape index (κ2) is 8.45. The van der Waals surface area contributed by atoms with Gasteiger partial charge in [0.25, 0.3) is 17.5 Å². The summed E-state index contributed by atoms with van der Waals surface area (Å²) in [6, 6.07) is 19.2. The highest BCUT2D eigenvalue weighted by Crippen LogP contribution is 2.24. The first-order chi connectivity index (χ1) is 13.5. The van der Waals surface area contributed by atoms with Gasteiger partial charge in [0.05, 0.1) is 10.5 Å². The molecule has 140 valence electrons. The van der Waals surface area contributed by atoms with Crippen LogP contribution in [-0.4, -0.2) is 16.7 Å².